The van der Waals surface area contributed by atoms with Gasteiger partial charge in [-0.05, 0) is 31.0 Å². The average molecular weight is 467 g/mol. The molecule has 0 aliphatic carbocycles. The average Bonchev–Trinajstić information content (AvgIpc) is 2.76. The van der Waals surface area contributed by atoms with Crippen molar-refractivity contribution in [2.75, 3.05) is 27.3 Å². The number of nitrogens with zero attached hydrogens (tertiary/aromatic N) is 1. The van der Waals surface area contributed by atoms with Gasteiger partial charge in [-0.1, -0.05) is 54.4 Å². The van der Waals surface area contributed by atoms with Crippen LogP contribution in [0.25, 0.3) is 0 Å². The molecule has 0 fully saturated rings. The summed E-state index contributed by atoms with van der Waals surface area (Å²) < 4.78 is 11.3. The normalized spacial score (nSPS) is 11.5. The first-order valence-electron chi connectivity index (χ1n) is 10.1. The highest BCUT2D eigenvalue weighted by Gasteiger charge is 2.18. The highest BCUT2D eigenvalue weighted by molar-refractivity contribution is 6.42. The molecule has 0 spiro atoms. The van der Waals surface area contributed by atoms with E-state index in [2.05, 4.69) is 5.32 Å². The van der Waals surface area contributed by atoms with Crippen LogP contribution in [-0.4, -0.2) is 44.0 Å². The maximum Gasteiger partial charge on any atom is 0.259 e. The van der Waals surface area contributed by atoms with E-state index in [-0.39, 0.29) is 24.5 Å². The van der Waals surface area contributed by atoms with Gasteiger partial charge in [0.05, 0.1) is 17.7 Å². The van der Waals surface area contributed by atoms with Gasteiger partial charge in [-0.25, -0.2) is 0 Å². The second-order valence-corrected chi connectivity index (χ2v) is 7.93. The molecule has 2 amide bonds. The van der Waals surface area contributed by atoms with Crippen LogP contribution in [0.15, 0.2) is 42.5 Å². The molecule has 0 aromatic heterocycles. The minimum absolute atomic E-state index is 0.0577. The van der Waals surface area contributed by atoms with Gasteiger partial charge < -0.3 is 19.7 Å². The summed E-state index contributed by atoms with van der Waals surface area (Å²) in [4.78, 5) is 25.8. The summed E-state index contributed by atoms with van der Waals surface area (Å²) in [5, 5.41) is 3.83. The van der Waals surface area contributed by atoms with Crippen LogP contribution >= 0.6 is 23.2 Å². The number of rotatable bonds is 11. The Morgan fingerprint density at radius 3 is 2.45 bits per heavy atom. The van der Waals surface area contributed by atoms with Crippen LogP contribution in [0, 0.1) is 0 Å². The predicted molar refractivity (Wildman–Crippen MR) is 123 cm³/mol. The molecule has 0 aliphatic rings. The van der Waals surface area contributed by atoms with Crippen LogP contribution in [0.3, 0.4) is 0 Å². The summed E-state index contributed by atoms with van der Waals surface area (Å²) in [5.74, 6) is 0.863. The van der Waals surface area contributed by atoms with Crippen molar-refractivity contribution in [3.8, 4) is 11.5 Å². The van der Waals surface area contributed by atoms with Crippen LogP contribution in [0.2, 0.25) is 10.0 Å². The lowest BCUT2D eigenvalue weighted by atomic mass is 10.0. The molecule has 0 saturated carbocycles. The summed E-state index contributed by atoms with van der Waals surface area (Å²) in [6.45, 7) is 2.27. The zero-order valence-electron chi connectivity index (χ0n) is 18.0. The minimum atomic E-state index is -0.221. The molecule has 0 bridgehead atoms. The SMILES string of the molecule is CCC(NC(=O)CCCOc1cccc(Cl)c1Cl)c1ccccc1OCC(=O)N(C)C. The maximum atomic E-state index is 12.5. The lowest BCUT2D eigenvalue weighted by Gasteiger charge is -2.21. The molecule has 0 saturated heterocycles. The van der Waals surface area contributed by atoms with Crippen molar-refractivity contribution in [2.24, 2.45) is 0 Å². The number of amides is 2. The third-order valence-corrected chi connectivity index (χ3v) is 5.41. The summed E-state index contributed by atoms with van der Waals surface area (Å²) >= 11 is 12.1. The fourth-order valence-electron chi connectivity index (χ4n) is 2.85. The number of benzene rings is 2. The largest absolute Gasteiger partial charge is 0.492 e. The fraction of sp³-hybridized carbons (Fsp3) is 0.391. The van der Waals surface area contributed by atoms with Crippen molar-refractivity contribution in [1.82, 2.24) is 10.2 Å². The molecule has 1 atom stereocenters. The van der Waals surface area contributed by atoms with Gasteiger partial charge >= 0.3 is 0 Å². The monoisotopic (exact) mass is 466 g/mol. The van der Waals surface area contributed by atoms with Gasteiger partial charge in [0.2, 0.25) is 5.91 Å². The highest BCUT2D eigenvalue weighted by Crippen LogP contribution is 2.31. The number of nitrogens with one attached hydrogen (secondary N) is 1. The number of likely N-dealkylation sites (N-methyl/N-ethyl adjacent to an activating group) is 1. The molecule has 31 heavy (non-hydrogen) atoms. The van der Waals surface area contributed by atoms with Gasteiger partial charge in [-0.3, -0.25) is 9.59 Å². The molecule has 0 radical (unpaired) electrons. The van der Waals surface area contributed by atoms with E-state index in [4.69, 9.17) is 32.7 Å². The second-order valence-electron chi connectivity index (χ2n) is 7.15. The van der Waals surface area contributed by atoms with Gasteiger partial charge in [-0.2, -0.15) is 0 Å². The van der Waals surface area contributed by atoms with Gasteiger partial charge in [-0.15, -0.1) is 0 Å². The predicted octanol–water partition coefficient (Wildman–Crippen LogP) is 4.89. The zero-order valence-corrected chi connectivity index (χ0v) is 19.5. The molecule has 2 aromatic rings. The van der Waals surface area contributed by atoms with E-state index < -0.39 is 0 Å². The Morgan fingerprint density at radius 2 is 1.74 bits per heavy atom. The number of ether oxygens (including phenoxy) is 2. The third kappa shape index (κ3) is 7.64. The molecule has 2 rings (SSSR count). The first kappa shape index (κ1) is 24.8. The van der Waals surface area contributed by atoms with E-state index in [1.54, 1.807) is 38.4 Å². The van der Waals surface area contributed by atoms with Gasteiger partial charge in [0.15, 0.2) is 6.61 Å². The molecule has 0 aliphatic heterocycles. The summed E-state index contributed by atoms with van der Waals surface area (Å²) in [6.07, 6.45) is 1.51. The Labute approximate surface area is 193 Å². The Kier molecular flexibility index (Phi) is 9.95. The van der Waals surface area contributed by atoms with Crippen molar-refractivity contribution < 1.29 is 19.1 Å². The number of hydrogen-bond acceptors (Lipinski definition) is 4. The lowest BCUT2D eigenvalue weighted by Crippen LogP contribution is -2.30. The molecule has 1 N–H and O–H groups in total. The fourth-order valence-corrected chi connectivity index (χ4v) is 3.19. The van der Waals surface area contributed by atoms with Crippen LogP contribution in [-0.2, 0) is 9.59 Å². The van der Waals surface area contributed by atoms with Crippen LogP contribution in [0.4, 0.5) is 0 Å². The van der Waals surface area contributed by atoms with Crippen molar-refractivity contribution in [3.63, 3.8) is 0 Å². The van der Waals surface area contributed by atoms with E-state index in [0.29, 0.717) is 47.4 Å². The van der Waals surface area contributed by atoms with Crippen LogP contribution in [0.1, 0.15) is 37.8 Å². The quantitative estimate of drug-likeness (QED) is 0.478. The number of carbonyl (C=O) groups is 2. The lowest BCUT2D eigenvalue weighted by molar-refractivity contribution is -0.130. The van der Waals surface area contributed by atoms with E-state index >= 15 is 0 Å². The summed E-state index contributed by atoms with van der Waals surface area (Å²) in [5.41, 5.74) is 0.840. The molecule has 168 valence electrons. The van der Waals surface area contributed by atoms with Crippen molar-refractivity contribution in [1.29, 1.82) is 0 Å². The van der Waals surface area contributed by atoms with E-state index in [1.165, 1.54) is 4.90 Å². The molecule has 1 unspecified atom stereocenters. The standard InChI is InChI=1S/C23H28Cl2N2O4/c1-4-18(16-9-5-6-11-19(16)31-15-22(29)27(2)3)26-21(28)13-8-14-30-20-12-7-10-17(24)23(20)25/h5-7,9-12,18H,4,8,13-15H2,1-3H3,(H,26,28). The molecule has 6 nitrogen and oxygen atoms in total. The summed E-state index contributed by atoms with van der Waals surface area (Å²) in [6, 6.07) is 12.4. The van der Waals surface area contributed by atoms with Crippen molar-refractivity contribution in [3.05, 3.63) is 58.1 Å². The number of hydrogen-bond donors (Lipinski definition) is 1. The van der Waals surface area contributed by atoms with E-state index in [9.17, 15) is 9.59 Å². The van der Waals surface area contributed by atoms with Gasteiger partial charge in [0.25, 0.3) is 5.91 Å². The Morgan fingerprint density at radius 1 is 1.03 bits per heavy atom. The summed E-state index contributed by atoms with van der Waals surface area (Å²) in [7, 11) is 3.35. The topological polar surface area (TPSA) is 67.9 Å². The zero-order chi connectivity index (χ0) is 22.8. The Bertz CT molecular complexity index is 890. The van der Waals surface area contributed by atoms with Crippen molar-refractivity contribution in [2.45, 2.75) is 32.2 Å². The Hall–Kier alpha value is -2.44. The van der Waals surface area contributed by atoms with Gasteiger partial charge in [0.1, 0.15) is 16.5 Å². The molecule has 8 heteroatoms. The number of halogens is 2. The van der Waals surface area contributed by atoms with E-state index in [0.717, 1.165) is 5.56 Å². The van der Waals surface area contributed by atoms with Gasteiger partial charge in [0, 0.05) is 26.1 Å². The van der Waals surface area contributed by atoms with Crippen molar-refractivity contribution >= 4 is 35.0 Å². The smallest absolute Gasteiger partial charge is 0.259 e. The first-order valence-corrected chi connectivity index (χ1v) is 10.9. The van der Waals surface area contributed by atoms with E-state index in [1.807, 2.05) is 25.1 Å². The van der Waals surface area contributed by atoms with Crippen LogP contribution in [0.5, 0.6) is 11.5 Å². The van der Waals surface area contributed by atoms with Crippen LogP contribution < -0.4 is 14.8 Å². The molecule has 2 aromatic carbocycles. The second kappa shape index (κ2) is 12.4. The Balaban J connectivity index is 1.88. The molecule has 0 heterocycles. The third-order valence-electron chi connectivity index (χ3n) is 4.61. The first-order chi connectivity index (χ1) is 14.8. The highest BCUT2D eigenvalue weighted by atomic mass is 35.5. The molecular formula is C23H28Cl2N2O4. The minimum Gasteiger partial charge on any atom is -0.492 e. The maximum absolute atomic E-state index is 12.5. The molecular weight excluding hydrogens is 439 g/mol. The number of para-hydroxylation sites is 1. The number of carbonyl (C=O) groups excluding carboxylic acids is 2.